The summed E-state index contributed by atoms with van der Waals surface area (Å²) in [5.41, 5.74) is -1.54. The van der Waals surface area contributed by atoms with E-state index in [4.69, 9.17) is 16.9 Å². The molecule has 0 saturated heterocycles. The van der Waals surface area contributed by atoms with Crippen LogP contribution in [0.5, 0.6) is 0 Å². The first kappa shape index (κ1) is 20.7. The van der Waals surface area contributed by atoms with Crippen LogP contribution in [0.4, 0.5) is 13.2 Å². The van der Waals surface area contributed by atoms with Crippen molar-refractivity contribution in [2.45, 2.75) is 38.3 Å². The van der Waals surface area contributed by atoms with Gasteiger partial charge in [-0.1, -0.05) is 32.4 Å². The van der Waals surface area contributed by atoms with Crippen molar-refractivity contribution in [2.24, 2.45) is 5.41 Å². The first-order chi connectivity index (χ1) is 10.8. The first-order valence-electron chi connectivity index (χ1n) is 7.03. The molecule has 0 aliphatic carbocycles. The lowest BCUT2D eigenvalue weighted by molar-refractivity contribution is -0.137. The molecule has 4 nitrogen and oxygen atoms in total. The molecule has 0 fully saturated rings. The van der Waals surface area contributed by atoms with Gasteiger partial charge in [-0.25, -0.2) is 8.42 Å². The van der Waals surface area contributed by atoms with E-state index in [9.17, 15) is 21.6 Å². The zero-order valence-electron chi connectivity index (χ0n) is 13.5. The Kier molecular flexibility index (Phi) is 6.31. The van der Waals surface area contributed by atoms with Crippen molar-refractivity contribution in [3.8, 4) is 6.07 Å². The van der Waals surface area contributed by atoms with Crippen molar-refractivity contribution in [3.63, 3.8) is 0 Å². The predicted octanol–water partition coefficient (Wildman–Crippen LogP) is 4.31. The molecule has 0 spiro atoms. The maximum Gasteiger partial charge on any atom is 0.416 e. The van der Waals surface area contributed by atoms with Gasteiger partial charge in [-0.3, -0.25) is 0 Å². The van der Waals surface area contributed by atoms with Crippen molar-refractivity contribution in [1.29, 1.82) is 5.26 Å². The molecule has 0 unspecified atom stereocenters. The van der Waals surface area contributed by atoms with E-state index < -0.39 is 32.1 Å². The van der Waals surface area contributed by atoms with E-state index in [2.05, 4.69) is 0 Å². The molecule has 0 aliphatic rings. The number of hydrogen-bond acceptors (Lipinski definition) is 3. The zero-order valence-corrected chi connectivity index (χ0v) is 15.1. The summed E-state index contributed by atoms with van der Waals surface area (Å²) in [6, 6.07) is 4.01. The van der Waals surface area contributed by atoms with Crippen molar-refractivity contribution >= 4 is 21.6 Å². The lowest BCUT2D eigenvalue weighted by Crippen LogP contribution is -2.38. The van der Waals surface area contributed by atoms with Crippen molar-refractivity contribution < 1.29 is 21.6 Å². The van der Waals surface area contributed by atoms with Crippen LogP contribution in [0.15, 0.2) is 23.1 Å². The molecule has 134 valence electrons. The second-order valence-corrected chi connectivity index (χ2v) is 8.76. The third kappa shape index (κ3) is 5.36. The van der Waals surface area contributed by atoms with Gasteiger partial charge in [0.2, 0.25) is 10.0 Å². The molecular formula is C15H18ClF3N2O2S. The minimum atomic E-state index is -4.68. The Morgan fingerprint density at radius 2 is 1.83 bits per heavy atom. The number of alkyl halides is 3. The van der Waals surface area contributed by atoms with Gasteiger partial charge < -0.3 is 0 Å². The Morgan fingerprint density at radius 3 is 2.29 bits per heavy atom. The second-order valence-electron chi connectivity index (χ2n) is 6.45. The van der Waals surface area contributed by atoms with E-state index >= 15 is 0 Å². The van der Waals surface area contributed by atoms with Crippen LogP contribution in [0.3, 0.4) is 0 Å². The fraction of sp³-hybridized carbons (Fsp3) is 0.533. The van der Waals surface area contributed by atoms with Gasteiger partial charge in [0.15, 0.2) is 0 Å². The van der Waals surface area contributed by atoms with E-state index in [1.54, 1.807) is 20.8 Å². The van der Waals surface area contributed by atoms with Gasteiger partial charge in [-0.2, -0.15) is 22.7 Å². The highest BCUT2D eigenvalue weighted by Gasteiger charge is 2.35. The average Bonchev–Trinajstić information content (AvgIpc) is 2.41. The summed E-state index contributed by atoms with van der Waals surface area (Å²) in [7, 11) is -4.27. The zero-order chi connectivity index (χ0) is 18.8. The molecule has 0 heterocycles. The average molecular weight is 383 g/mol. The Balaban J connectivity index is 3.41. The molecular weight excluding hydrogens is 365 g/mol. The normalized spacial score (nSPS) is 13.1. The maximum atomic E-state index is 12.9. The minimum absolute atomic E-state index is 0.0452. The van der Waals surface area contributed by atoms with Gasteiger partial charge in [-0.15, -0.1) is 0 Å². The molecule has 0 aliphatic heterocycles. The van der Waals surface area contributed by atoms with Gasteiger partial charge >= 0.3 is 6.18 Å². The number of rotatable bonds is 5. The van der Waals surface area contributed by atoms with Crippen LogP contribution in [0.1, 0.15) is 32.8 Å². The third-order valence-corrected chi connectivity index (χ3v) is 5.33. The van der Waals surface area contributed by atoms with Crippen LogP contribution in [-0.4, -0.2) is 25.8 Å². The molecule has 1 rings (SSSR count). The third-order valence-electron chi connectivity index (χ3n) is 3.00. The number of halogens is 4. The van der Waals surface area contributed by atoms with Crippen LogP contribution < -0.4 is 0 Å². The van der Waals surface area contributed by atoms with E-state index in [1.165, 1.54) is 0 Å². The van der Waals surface area contributed by atoms with Gasteiger partial charge in [0.25, 0.3) is 0 Å². The SMILES string of the molecule is CC(C)(C)CN(CCC#N)S(=O)(=O)c1cc(C(F)(F)F)ccc1Cl. The number of nitrogens with zero attached hydrogens (tertiary/aromatic N) is 2. The summed E-state index contributed by atoms with van der Waals surface area (Å²) in [4.78, 5) is -0.610. The molecule has 1 aromatic rings. The number of sulfonamides is 1. The van der Waals surface area contributed by atoms with Crippen molar-refractivity contribution in [3.05, 3.63) is 28.8 Å². The Morgan fingerprint density at radius 1 is 1.25 bits per heavy atom. The standard InChI is InChI=1S/C15H18ClF3N2O2S/c1-14(2,3)10-21(8-4-7-20)24(22,23)13-9-11(15(17,18)19)5-6-12(13)16/h5-6,9H,4,8,10H2,1-3H3. The Bertz CT molecular complexity index is 735. The lowest BCUT2D eigenvalue weighted by atomic mass is 9.97. The maximum absolute atomic E-state index is 12.9. The largest absolute Gasteiger partial charge is 0.416 e. The summed E-state index contributed by atoms with van der Waals surface area (Å²) in [5.74, 6) is 0. The van der Waals surface area contributed by atoms with E-state index in [0.717, 1.165) is 16.4 Å². The quantitative estimate of drug-likeness (QED) is 0.762. The van der Waals surface area contributed by atoms with Gasteiger partial charge in [0, 0.05) is 19.5 Å². The van der Waals surface area contributed by atoms with Crippen LogP contribution >= 0.6 is 11.6 Å². The molecule has 0 bridgehead atoms. The summed E-state index contributed by atoms with van der Waals surface area (Å²) in [6.45, 7) is 5.28. The molecule has 1 aromatic carbocycles. The molecule has 0 saturated carbocycles. The lowest BCUT2D eigenvalue weighted by Gasteiger charge is -2.29. The number of hydrogen-bond donors (Lipinski definition) is 0. The van der Waals surface area contributed by atoms with Gasteiger partial charge in [-0.05, 0) is 23.6 Å². The topological polar surface area (TPSA) is 61.2 Å². The fourth-order valence-electron chi connectivity index (χ4n) is 2.00. The monoisotopic (exact) mass is 382 g/mol. The van der Waals surface area contributed by atoms with Crippen molar-refractivity contribution in [2.75, 3.05) is 13.1 Å². The molecule has 0 amide bonds. The second kappa shape index (κ2) is 7.30. The molecule has 0 aromatic heterocycles. The Labute approximate surface area is 144 Å². The molecule has 0 N–H and O–H groups in total. The first-order valence-corrected chi connectivity index (χ1v) is 8.85. The molecule has 24 heavy (non-hydrogen) atoms. The smallest absolute Gasteiger partial charge is 0.207 e. The summed E-state index contributed by atoms with van der Waals surface area (Å²) >= 11 is 5.84. The van der Waals surface area contributed by atoms with Gasteiger partial charge in [0.05, 0.1) is 16.7 Å². The molecule has 9 heteroatoms. The molecule has 0 radical (unpaired) electrons. The highest BCUT2D eigenvalue weighted by molar-refractivity contribution is 7.89. The van der Waals surface area contributed by atoms with E-state index in [1.807, 2.05) is 6.07 Å². The fourth-order valence-corrected chi connectivity index (χ4v) is 4.17. The minimum Gasteiger partial charge on any atom is -0.207 e. The number of nitriles is 1. The van der Waals surface area contributed by atoms with E-state index in [-0.39, 0.29) is 24.5 Å². The van der Waals surface area contributed by atoms with E-state index in [0.29, 0.717) is 6.07 Å². The Hall–Kier alpha value is -1.30. The highest BCUT2D eigenvalue weighted by Crippen LogP contribution is 2.35. The van der Waals surface area contributed by atoms with Crippen LogP contribution in [0.25, 0.3) is 0 Å². The highest BCUT2D eigenvalue weighted by atomic mass is 35.5. The van der Waals surface area contributed by atoms with Crippen LogP contribution in [0.2, 0.25) is 5.02 Å². The van der Waals surface area contributed by atoms with Crippen LogP contribution in [-0.2, 0) is 16.2 Å². The predicted molar refractivity (Wildman–Crippen MR) is 84.9 cm³/mol. The van der Waals surface area contributed by atoms with Crippen molar-refractivity contribution in [1.82, 2.24) is 4.31 Å². The summed E-state index contributed by atoms with van der Waals surface area (Å²) in [6.07, 6.45) is -4.76. The molecule has 0 atom stereocenters. The summed E-state index contributed by atoms with van der Waals surface area (Å²) in [5, 5.41) is 8.42. The van der Waals surface area contributed by atoms with Crippen LogP contribution in [0, 0.1) is 16.7 Å². The number of benzene rings is 1. The summed E-state index contributed by atoms with van der Waals surface area (Å²) < 4.78 is 65.2. The van der Waals surface area contributed by atoms with Gasteiger partial charge in [0.1, 0.15) is 4.90 Å².